The van der Waals surface area contributed by atoms with Crippen LogP contribution in [0.2, 0.25) is 0 Å². The van der Waals surface area contributed by atoms with E-state index < -0.39 is 5.97 Å². The zero-order valence-electron chi connectivity index (χ0n) is 17.0. The van der Waals surface area contributed by atoms with Crippen LogP contribution < -0.4 is 10.2 Å². The zero-order valence-corrected chi connectivity index (χ0v) is 23.4. The molecular weight excluding hydrogens is 747 g/mol. The number of benzene rings is 1. The average Bonchev–Trinajstić information content (AvgIpc) is 2.71. The molecule has 1 fully saturated rings. The van der Waals surface area contributed by atoms with Crippen LogP contribution in [0.15, 0.2) is 0 Å². The molecule has 0 aromatic heterocycles. The predicted octanol–water partition coefficient (Wildman–Crippen LogP) is 3.15. The molecule has 1 aromatic rings. The number of hydrogen-bond acceptors (Lipinski definition) is 5. The lowest BCUT2D eigenvalue weighted by Crippen LogP contribution is -2.41. The third-order valence-electron chi connectivity index (χ3n) is 4.67. The number of nitrogens with zero attached hydrogens (tertiary/aromatic N) is 2. The highest BCUT2D eigenvalue weighted by Crippen LogP contribution is 2.41. The highest BCUT2D eigenvalue weighted by Gasteiger charge is 2.31. The molecule has 0 aliphatic carbocycles. The topological polar surface area (TPSA) is 116 Å². The van der Waals surface area contributed by atoms with Gasteiger partial charge in [-0.05, 0) is 74.2 Å². The number of carbonyl (C=O) groups is 4. The molecule has 12 heteroatoms. The molecule has 1 heterocycles. The van der Waals surface area contributed by atoms with E-state index in [-0.39, 0.29) is 37.0 Å². The van der Waals surface area contributed by atoms with Crippen LogP contribution in [0, 0.1) is 10.7 Å². The minimum absolute atomic E-state index is 0.0368. The Balaban J connectivity index is 2.51. The van der Waals surface area contributed by atoms with Gasteiger partial charge in [0.2, 0.25) is 11.8 Å². The molecule has 2 N–H and O–H groups in total. The van der Waals surface area contributed by atoms with Gasteiger partial charge in [-0.15, -0.1) is 0 Å². The molecule has 0 bridgehead atoms. The molecular formula is C19H22I3N3O6. The Bertz CT molecular complexity index is 903. The molecule has 1 aliphatic heterocycles. The molecule has 0 radical (unpaired) electrons. The molecule has 170 valence electrons. The van der Waals surface area contributed by atoms with Crippen LogP contribution in [0.1, 0.15) is 36.5 Å². The van der Waals surface area contributed by atoms with E-state index in [1.54, 1.807) is 11.9 Å². The number of rotatable bonds is 7. The van der Waals surface area contributed by atoms with Gasteiger partial charge in [0.15, 0.2) is 0 Å². The molecule has 3 amide bonds. The summed E-state index contributed by atoms with van der Waals surface area (Å²) in [6.07, 6.45) is 0.140. The van der Waals surface area contributed by atoms with Crippen LogP contribution in [-0.2, 0) is 19.1 Å². The smallest absolute Gasteiger partial charge is 0.303 e. The van der Waals surface area contributed by atoms with E-state index in [2.05, 4.69) is 50.5 Å². The van der Waals surface area contributed by atoms with E-state index in [0.29, 0.717) is 54.0 Å². The highest BCUT2D eigenvalue weighted by molar-refractivity contribution is 14.1. The Hall–Kier alpha value is -0.750. The molecule has 0 saturated carbocycles. The second-order valence-electron chi connectivity index (χ2n) is 6.82. The molecule has 0 unspecified atom stereocenters. The molecule has 9 nitrogen and oxygen atoms in total. The number of morpholine rings is 1. The lowest BCUT2D eigenvalue weighted by Gasteiger charge is -2.30. The van der Waals surface area contributed by atoms with Crippen LogP contribution in [0.5, 0.6) is 0 Å². The van der Waals surface area contributed by atoms with Crippen molar-refractivity contribution in [3.8, 4) is 0 Å². The van der Waals surface area contributed by atoms with Gasteiger partial charge in [-0.3, -0.25) is 19.2 Å². The number of amides is 3. The summed E-state index contributed by atoms with van der Waals surface area (Å²) in [6.45, 7) is 3.27. The van der Waals surface area contributed by atoms with Crippen molar-refractivity contribution in [1.82, 2.24) is 4.90 Å². The summed E-state index contributed by atoms with van der Waals surface area (Å²) in [7, 11) is 1.62. The van der Waals surface area contributed by atoms with Gasteiger partial charge in [-0.1, -0.05) is 0 Å². The Morgan fingerprint density at radius 2 is 1.68 bits per heavy atom. The van der Waals surface area contributed by atoms with Crippen LogP contribution in [-0.4, -0.2) is 67.0 Å². The van der Waals surface area contributed by atoms with Crippen molar-refractivity contribution < 1.29 is 29.0 Å². The number of ether oxygens (including phenoxy) is 1. The Labute approximate surface area is 221 Å². The lowest BCUT2D eigenvalue weighted by atomic mass is 10.1. The maximum atomic E-state index is 13.4. The quantitative estimate of drug-likeness (QED) is 0.413. The SMILES string of the molecule is CC(=O)N(C)c1c(I)c(NC(=O)CCCC(=O)O)c(I)c(C(=O)N2CCOCC2)c1I. The average molecular weight is 769 g/mol. The fraction of sp³-hybridized carbons (Fsp3) is 0.474. The van der Waals surface area contributed by atoms with Gasteiger partial charge in [0.05, 0.1) is 40.9 Å². The maximum Gasteiger partial charge on any atom is 0.303 e. The number of halogens is 3. The lowest BCUT2D eigenvalue weighted by molar-refractivity contribution is -0.137. The van der Waals surface area contributed by atoms with E-state index in [0.717, 1.165) is 0 Å². The standard InChI is InChI=1S/C19H22I3N3O6/c1-10(26)24(2)18-15(21)13(19(30)25-6-8-31-9-7-25)14(20)17(16(18)22)23-11(27)4-3-5-12(28)29/h3-9H2,1-2H3,(H,23,27)(H,28,29). The molecule has 0 atom stereocenters. The second kappa shape index (κ2) is 11.9. The van der Waals surface area contributed by atoms with Gasteiger partial charge < -0.3 is 25.0 Å². The summed E-state index contributed by atoms with van der Waals surface area (Å²) in [5, 5.41) is 11.6. The van der Waals surface area contributed by atoms with Crippen LogP contribution in [0.3, 0.4) is 0 Å². The van der Waals surface area contributed by atoms with Crippen LogP contribution in [0.25, 0.3) is 0 Å². The molecule has 1 aliphatic rings. The summed E-state index contributed by atoms with van der Waals surface area (Å²) in [6, 6.07) is 0. The number of carboxylic acids is 1. The zero-order chi connectivity index (χ0) is 23.3. The first-order valence-corrected chi connectivity index (χ1v) is 12.6. The van der Waals surface area contributed by atoms with Gasteiger partial charge >= 0.3 is 5.97 Å². The van der Waals surface area contributed by atoms with Crippen molar-refractivity contribution in [2.45, 2.75) is 26.2 Å². The minimum Gasteiger partial charge on any atom is -0.481 e. The molecule has 2 rings (SSSR count). The summed E-state index contributed by atoms with van der Waals surface area (Å²) < 4.78 is 7.18. The molecule has 31 heavy (non-hydrogen) atoms. The van der Waals surface area contributed by atoms with Crippen LogP contribution in [0.4, 0.5) is 11.4 Å². The van der Waals surface area contributed by atoms with E-state index in [1.165, 1.54) is 11.8 Å². The van der Waals surface area contributed by atoms with Gasteiger partial charge in [0.25, 0.3) is 5.91 Å². The monoisotopic (exact) mass is 769 g/mol. The number of hydrogen-bond donors (Lipinski definition) is 2. The normalized spacial score (nSPS) is 13.6. The number of carbonyl (C=O) groups excluding carboxylic acids is 3. The van der Waals surface area contributed by atoms with Crippen molar-refractivity contribution in [1.29, 1.82) is 0 Å². The first kappa shape index (κ1) is 26.5. The van der Waals surface area contributed by atoms with Crippen molar-refractivity contribution in [2.75, 3.05) is 43.6 Å². The summed E-state index contributed by atoms with van der Waals surface area (Å²) >= 11 is 6.17. The highest BCUT2D eigenvalue weighted by atomic mass is 127. The maximum absolute atomic E-state index is 13.4. The molecule has 1 aromatic carbocycles. The second-order valence-corrected chi connectivity index (χ2v) is 10.1. The van der Waals surface area contributed by atoms with Gasteiger partial charge in [-0.25, -0.2) is 0 Å². The Kier molecular flexibility index (Phi) is 10.2. The van der Waals surface area contributed by atoms with E-state index in [9.17, 15) is 19.2 Å². The van der Waals surface area contributed by atoms with Gasteiger partial charge in [0.1, 0.15) is 0 Å². The number of anilines is 2. The first-order valence-electron chi connectivity index (χ1n) is 9.39. The number of carboxylic acid groups (broad SMARTS) is 1. The Morgan fingerprint density at radius 3 is 2.23 bits per heavy atom. The summed E-state index contributed by atoms with van der Waals surface area (Å²) in [4.78, 5) is 51.8. The first-order chi connectivity index (χ1) is 14.6. The fourth-order valence-corrected chi connectivity index (χ4v) is 7.55. The van der Waals surface area contributed by atoms with E-state index in [4.69, 9.17) is 9.84 Å². The third-order valence-corrected chi connectivity index (χ3v) is 7.85. The van der Waals surface area contributed by atoms with Gasteiger partial charge in [0, 0.05) is 39.9 Å². The fourth-order valence-electron chi connectivity index (χ4n) is 2.93. The van der Waals surface area contributed by atoms with E-state index in [1.807, 2.05) is 22.6 Å². The van der Waals surface area contributed by atoms with Gasteiger partial charge in [-0.2, -0.15) is 0 Å². The van der Waals surface area contributed by atoms with E-state index >= 15 is 0 Å². The Morgan fingerprint density at radius 1 is 1.06 bits per heavy atom. The van der Waals surface area contributed by atoms with Crippen molar-refractivity contribution in [2.24, 2.45) is 0 Å². The van der Waals surface area contributed by atoms with Crippen molar-refractivity contribution >= 4 is 103 Å². The third kappa shape index (κ3) is 6.63. The number of aliphatic carboxylic acids is 1. The summed E-state index contributed by atoms with van der Waals surface area (Å²) in [5.74, 6) is -1.71. The molecule has 0 spiro atoms. The predicted molar refractivity (Wildman–Crippen MR) is 141 cm³/mol. The van der Waals surface area contributed by atoms with Crippen LogP contribution >= 0.6 is 67.8 Å². The molecule has 1 saturated heterocycles. The minimum atomic E-state index is -0.963. The summed E-state index contributed by atoms with van der Waals surface area (Å²) in [5.41, 5.74) is 1.42. The number of nitrogens with one attached hydrogen (secondary N) is 1. The van der Waals surface area contributed by atoms with Crippen molar-refractivity contribution in [3.05, 3.63) is 16.3 Å². The van der Waals surface area contributed by atoms with Crippen molar-refractivity contribution in [3.63, 3.8) is 0 Å². The largest absolute Gasteiger partial charge is 0.481 e.